The van der Waals surface area contributed by atoms with Crippen molar-refractivity contribution in [3.8, 4) is 11.4 Å². The molecule has 0 radical (unpaired) electrons. The molecule has 180 valence electrons. The van der Waals surface area contributed by atoms with Crippen LogP contribution in [0, 0.1) is 0 Å². The van der Waals surface area contributed by atoms with Crippen molar-refractivity contribution in [2.45, 2.75) is 19.4 Å². The Morgan fingerprint density at radius 3 is 2.49 bits per heavy atom. The molecule has 9 heteroatoms. The fourth-order valence-corrected chi connectivity index (χ4v) is 3.88. The standard InChI is InChI=1S/C26H27N5O3S/c32-26(22-8-4-7-20(17-22)18-27-15-16-35(33)34)28-23-12-10-21(11-13-23)25-29-24(30-31-25)14-9-19-5-2-1-3-6-19/h1-8,10-13,17,27H,9,14-16,18H2,(H,28,32)(H,33,34)(H,29,30,31). The third kappa shape index (κ3) is 7.41. The van der Waals surface area contributed by atoms with Crippen molar-refractivity contribution >= 4 is 22.7 Å². The maximum Gasteiger partial charge on any atom is 0.255 e. The number of aromatic amines is 1. The van der Waals surface area contributed by atoms with Crippen LogP contribution in [-0.2, 0) is 30.5 Å². The van der Waals surface area contributed by atoms with Crippen LogP contribution in [0.25, 0.3) is 11.4 Å². The molecule has 1 unspecified atom stereocenters. The number of nitrogens with zero attached hydrogens (tertiary/aromatic N) is 2. The van der Waals surface area contributed by atoms with E-state index in [-0.39, 0.29) is 11.7 Å². The molecule has 1 heterocycles. The number of carbonyl (C=O) groups is 1. The summed E-state index contributed by atoms with van der Waals surface area (Å²) in [6, 6.07) is 24.9. The van der Waals surface area contributed by atoms with Crippen LogP contribution in [-0.4, -0.2) is 42.1 Å². The largest absolute Gasteiger partial charge is 0.322 e. The maximum atomic E-state index is 12.7. The minimum atomic E-state index is -1.82. The van der Waals surface area contributed by atoms with Crippen LogP contribution in [0.1, 0.15) is 27.3 Å². The summed E-state index contributed by atoms with van der Waals surface area (Å²) in [6.45, 7) is 0.933. The minimum Gasteiger partial charge on any atom is -0.322 e. The number of aromatic nitrogens is 3. The lowest BCUT2D eigenvalue weighted by molar-refractivity contribution is 0.102. The summed E-state index contributed by atoms with van der Waals surface area (Å²) in [6.07, 6.45) is 1.67. The number of amides is 1. The first-order valence-corrected chi connectivity index (χ1v) is 12.6. The molecule has 0 saturated heterocycles. The number of nitrogens with one attached hydrogen (secondary N) is 3. The van der Waals surface area contributed by atoms with Gasteiger partial charge in [-0.1, -0.05) is 42.5 Å². The number of aryl methyl sites for hydroxylation is 2. The first kappa shape index (κ1) is 24.5. The second-order valence-electron chi connectivity index (χ2n) is 8.03. The van der Waals surface area contributed by atoms with Gasteiger partial charge in [0.15, 0.2) is 16.9 Å². The zero-order chi connectivity index (χ0) is 24.5. The van der Waals surface area contributed by atoms with Gasteiger partial charge in [0.1, 0.15) is 5.82 Å². The lowest BCUT2D eigenvalue weighted by Gasteiger charge is -2.08. The molecule has 0 spiro atoms. The molecule has 8 nitrogen and oxygen atoms in total. The summed E-state index contributed by atoms with van der Waals surface area (Å²) in [4.78, 5) is 17.3. The highest BCUT2D eigenvalue weighted by atomic mass is 32.2. The Hall–Kier alpha value is -3.66. The summed E-state index contributed by atoms with van der Waals surface area (Å²) in [5.74, 6) is 1.41. The van der Waals surface area contributed by atoms with E-state index in [2.05, 4.69) is 37.9 Å². The number of hydrogen-bond acceptors (Lipinski definition) is 5. The molecule has 0 bridgehead atoms. The first-order valence-electron chi connectivity index (χ1n) is 11.3. The Kier molecular flexibility index (Phi) is 8.50. The van der Waals surface area contributed by atoms with Gasteiger partial charge in [-0.25, -0.2) is 9.19 Å². The van der Waals surface area contributed by atoms with Crippen molar-refractivity contribution in [3.63, 3.8) is 0 Å². The second-order valence-corrected chi connectivity index (χ2v) is 9.08. The highest BCUT2D eigenvalue weighted by Gasteiger charge is 2.09. The summed E-state index contributed by atoms with van der Waals surface area (Å²) >= 11 is -1.82. The van der Waals surface area contributed by atoms with Crippen LogP contribution in [0.15, 0.2) is 78.9 Å². The fraction of sp³-hybridized carbons (Fsp3) is 0.192. The molecule has 4 N–H and O–H groups in total. The van der Waals surface area contributed by atoms with Crippen LogP contribution in [0.2, 0.25) is 0 Å². The maximum absolute atomic E-state index is 12.7. The third-order valence-electron chi connectivity index (χ3n) is 5.40. The van der Waals surface area contributed by atoms with Crippen molar-refractivity contribution in [1.82, 2.24) is 20.5 Å². The van der Waals surface area contributed by atoms with Gasteiger partial charge >= 0.3 is 0 Å². The van der Waals surface area contributed by atoms with Crippen molar-refractivity contribution < 1.29 is 13.6 Å². The van der Waals surface area contributed by atoms with E-state index < -0.39 is 11.1 Å². The molecular weight excluding hydrogens is 462 g/mol. The van der Waals surface area contributed by atoms with Gasteiger partial charge in [-0.3, -0.25) is 9.89 Å². The van der Waals surface area contributed by atoms with Crippen LogP contribution in [0.4, 0.5) is 5.69 Å². The second kappa shape index (κ2) is 12.2. The molecule has 4 rings (SSSR count). The molecule has 35 heavy (non-hydrogen) atoms. The molecule has 1 aromatic heterocycles. The molecular formula is C26H27N5O3S. The van der Waals surface area contributed by atoms with E-state index in [4.69, 9.17) is 4.55 Å². The number of carbonyl (C=O) groups excluding carboxylic acids is 1. The van der Waals surface area contributed by atoms with Crippen molar-refractivity contribution in [2.75, 3.05) is 17.6 Å². The van der Waals surface area contributed by atoms with Gasteiger partial charge in [0.25, 0.3) is 5.91 Å². The molecule has 1 atom stereocenters. The predicted octanol–water partition coefficient (Wildman–Crippen LogP) is 3.82. The van der Waals surface area contributed by atoms with Crippen LogP contribution in [0.3, 0.4) is 0 Å². The monoisotopic (exact) mass is 489 g/mol. The smallest absolute Gasteiger partial charge is 0.255 e. The zero-order valence-corrected chi connectivity index (χ0v) is 19.9. The summed E-state index contributed by atoms with van der Waals surface area (Å²) in [5, 5.41) is 13.3. The first-order chi connectivity index (χ1) is 17.1. The lowest BCUT2D eigenvalue weighted by atomic mass is 10.1. The third-order valence-corrected chi connectivity index (χ3v) is 5.95. The van der Waals surface area contributed by atoms with Gasteiger partial charge in [-0.05, 0) is 53.9 Å². The molecule has 0 saturated carbocycles. The van der Waals surface area contributed by atoms with Crippen molar-refractivity contribution in [2.24, 2.45) is 0 Å². The normalized spacial score (nSPS) is 11.8. The summed E-state index contributed by atoms with van der Waals surface area (Å²) in [5.41, 5.74) is 4.25. The lowest BCUT2D eigenvalue weighted by Crippen LogP contribution is -2.20. The van der Waals surface area contributed by atoms with Crippen molar-refractivity contribution in [1.29, 1.82) is 0 Å². The number of anilines is 1. The molecule has 4 aromatic rings. The van der Waals surface area contributed by atoms with E-state index in [9.17, 15) is 9.00 Å². The highest BCUT2D eigenvalue weighted by molar-refractivity contribution is 7.79. The van der Waals surface area contributed by atoms with Gasteiger partial charge in [0.05, 0.1) is 5.75 Å². The Bertz CT molecular complexity index is 1280. The Morgan fingerprint density at radius 2 is 1.71 bits per heavy atom. The zero-order valence-electron chi connectivity index (χ0n) is 19.1. The van der Waals surface area contributed by atoms with Crippen LogP contribution in [0.5, 0.6) is 0 Å². The van der Waals surface area contributed by atoms with E-state index in [1.54, 1.807) is 12.1 Å². The minimum absolute atomic E-state index is 0.166. The number of rotatable bonds is 11. The SMILES string of the molecule is O=C(Nc1ccc(-c2n[nH]c(CCc3ccccc3)n2)cc1)c1cccc(CNCCS(=O)O)c1. The molecule has 0 fully saturated rings. The van der Waals surface area contributed by atoms with Crippen LogP contribution < -0.4 is 10.6 Å². The van der Waals surface area contributed by atoms with Crippen LogP contribution >= 0.6 is 0 Å². The fourth-order valence-electron chi connectivity index (χ4n) is 3.56. The molecule has 0 aliphatic heterocycles. The van der Waals surface area contributed by atoms with E-state index >= 15 is 0 Å². The Balaban J connectivity index is 1.31. The number of hydrogen-bond donors (Lipinski definition) is 4. The van der Waals surface area contributed by atoms with E-state index in [1.807, 2.05) is 54.6 Å². The van der Waals surface area contributed by atoms with Gasteiger partial charge in [0.2, 0.25) is 0 Å². The van der Waals surface area contributed by atoms with E-state index in [0.717, 1.165) is 29.8 Å². The Labute approximate surface area is 206 Å². The summed E-state index contributed by atoms with van der Waals surface area (Å²) < 4.78 is 19.5. The van der Waals surface area contributed by atoms with E-state index in [0.29, 0.717) is 30.2 Å². The van der Waals surface area contributed by atoms with E-state index in [1.165, 1.54) is 5.56 Å². The highest BCUT2D eigenvalue weighted by Crippen LogP contribution is 2.19. The quantitative estimate of drug-likeness (QED) is 0.188. The van der Waals surface area contributed by atoms with Gasteiger partial charge in [-0.15, -0.1) is 0 Å². The van der Waals surface area contributed by atoms with Gasteiger partial charge in [-0.2, -0.15) is 5.10 Å². The molecule has 0 aliphatic carbocycles. The molecule has 3 aromatic carbocycles. The van der Waals surface area contributed by atoms with Gasteiger partial charge in [0, 0.05) is 36.3 Å². The average Bonchev–Trinajstić information content (AvgIpc) is 3.36. The molecule has 1 amide bonds. The summed E-state index contributed by atoms with van der Waals surface area (Å²) in [7, 11) is 0. The Morgan fingerprint density at radius 1 is 0.943 bits per heavy atom. The topological polar surface area (TPSA) is 120 Å². The number of H-pyrrole nitrogens is 1. The van der Waals surface area contributed by atoms with Gasteiger partial charge < -0.3 is 15.2 Å². The van der Waals surface area contributed by atoms with Crippen molar-refractivity contribution in [3.05, 3.63) is 101 Å². The number of benzene rings is 3. The molecule has 0 aliphatic rings. The average molecular weight is 490 g/mol. The predicted molar refractivity (Wildman–Crippen MR) is 137 cm³/mol.